The second-order valence-electron chi connectivity index (χ2n) is 3.80. The molecule has 4 heteroatoms. The summed E-state index contributed by atoms with van der Waals surface area (Å²) in [5.41, 5.74) is 0.820. The first-order valence-corrected chi connectivity index (χ1v) is 5.87. The van der Waals surface area contributed by atoms with Crippen molar-refractivity contribution in [3.63, 3.8) is 0 Å². The Kier molecular flexibility index (Phi) is 4.82. The molecule has 3 nitrogen and oxygen atoms in total. The topological polar surface area (TPSA) is 29.0 Å². The zero-order valence-corrected chi connectivity index (χ0v) is 10.3. The lowest BCUT2D eigenvalue weighted by molar-refractivity contribution is 0.655. The highest BCUT2D eigenvalue weighted by Crippen LogP contribution is 2.14. The average molecular weight is 228 g/mol. The van der Waals surface area contributed by atoms with E-state index >= 15 is 0 Å². The number of rotatable bonds is 5. The fourth-order valence-corrected chi connectivity index (χ4v) is 1.60. The Labute approximate surface area is 96.5 Å². The van der Waals surface area contributed by atoms with Crippen LogP contribution in [0.4, 0.5) is 5.82 Å². The first-order chi connectivity index (χ1) is 7.19. The zero-order chi connectivity index (χ0) is 11.3. The molecule has 0 spiro atoms. The molecule has 1 aromatic rings. The zero-order valence-electron chi connectivity index (χ0n) is 9.57. The largest absolute Gasteiger partial charge is 0.353 e. The van der Waals surface area contributed by atoms with E-state index in [4.69, 9.17) is 11.6 Å². The number of halogens is 1. The number of aromatic nitrogens is 2. The minimum atomic E-state index is 0.419. The number of anilines is 1. The van der Waals surface area contributed by atoms with E-state index in [0.29, 0.717) is 11.9 Å². The third kappa shape index (κ3) is 3.34. The molecular weight excluding hydrogens is 210 g/mol. The highest BCUT2D eigenvalue weighted by atomic mass is 35.5. The Morgan fingerprint density at radius 1 is 1.33 bits per heavy atom. The van der Waals surface area contributed by atoms with E-state index in [1.165, 1.54) is 0 Å². The van der Waals surface area contributed by atoms with Crippen molar-refractivity contribution < 1.29 is 0 Å². The van der Waals surface area contributed by atoms with E-state index in [2.05, 4.69) is 35.9 Å². The summed E-state index contributed by atoms with van der Waals surface area (Å²) in [5.74, 6) is 1.35. The van der Waals surface area contributed by atoms with Gasteiger partial charge in [-0.3, -0.25) is 0 Å². The lowest BCUT2D eigenvalue weighted by Gasteiger charge is -2.26. The van der Waals surface area contributed by atoms with E-state index in [1.54, 1.807) is 0 Å². The molecule has 0 fully saturated rings. The van der Waals surface area contributed by atoms with Gasteiger partial charge >= 0.3 is 0 Å². The molecule has 15 heavy (non-hydrogen) atoms. The lowest BCUT2D eigenvalue weighted by atomic mass is 10.3. The van der Waals surface area contributed by atoms with Crippen molar-refractivity contribution in [1.82, 2.24) is 10.2 Å². The maximum absolute atomic E-state index is 5.67. The van der Waals surface area contributed by atoms with Crippen molar-refractivity contribution in [3.05, 3.63) is 17.8 Å². The van der Waals surface area contributed by atoms with Crippen LogP contribution in [-0.4, -0.2) is 22.8 Å². The van der Waals surface area contributed by atoms with Crippen LogP contribution in [0.3, 0.4) is 0 Å². The molecule has 0 atom stereocenters. The minimum absolute atomic E-state index is 0.419. The van der Waals surface area contributed by atoms with Crippen molar-refractivity contribution >= 4 is 17.4 Å². The summed E-state index contributed by atoms with van der Waals surface area (Å²) in [4.78, 5) is 2.24. The molecule has 0 N–H and O–H groups in total. The molecule has 0 unspecified atom stereocenters. The summed E-state index contributed by atoms with van der Waals surface area (Å²) in [5, 5.41) is 8.24. The lowest BCUT2D eigenvalue weighted by Crippen LogP contribution is -2.32. The van der Waals surface area contributed by atoms with Crippen molar-refractivity contribution in [3.8, 4) is 0 Å². The second kappa shape index (κ2) is 5.91. The minimum Gasteiger partial charge on any atom is -0.353 e. The van der Waals surface area contributed by atoms with Crippen LogP contribution in [0.25, 0.3) is 0 Å². The van der Waals surface area contributed by atoms with Crippen molar-refractivity contribution in [2.45, 2.75) is 39.1 Å². The molecule has 1 rings (SSSR count). The van der Waals surface area contributed by atoms with Gasteiger partial charge in [-0.15, -0.1) is 16.7 Å². The molecule has 0 radical (unpaired) electrons. The number of alkyl halides is 1. The maximum atomic E-state index is 5.67. The molecule has 1 heterocycles. The summed E-state index contributed by atoms with van der Waals surface area (Å²) in [7, 11) is 0. The van der Waals surface area contributed by atoms with Gasteiger partial charge in [0.15, 0.2) is 5.82 Å². The van der Waals surface area contributed by atoms with Gasteiger partial charge in [0.05, 0.1) is 11.6 Å². The Morgan fingerprint density at radius 3 is 2.47 bits per heavy atom. The fourth-order valence-electron chi connectivity index (χ4n) is 1.46. The van der Waals surface area contributed by atoms with Gasteiger partial charge in [-0.1, -0.05) is 6.92 Å². The van der Waals surface area contributed by atoms with E-state index in [9.17, 15) is 0 Å². The van der Waals surface area contributed by atoms with E-state index in [1.807, 2.05) is 12.1 Å². The van der Waals surface area contributed by atoms with Gasteiger partial charge in [0.25, 0.3) is 0 Å². The van der Waals surface area contributed by atoms with E-state index in [-0.39, 0.29) is 0 Å². The first kappa shape index (κ1) is 12.2. The van der Waals surface area contributed by atoms with E-state index in [0.717, 1.165) is 24.5 Å². The third-order valence-corrected chi connectivity index (χ3v) is 2.50. The van der Waals surface area contributed by atoms with Gasteiger partial charge in [-0.2, -0.15) is 5.10 Å². The third-order valence-electron chi connectivity index (χ3n) is 2.22. The Hall–Kier alpha value is -0.830. The van der Waals surface area contributed by atoms with Gasteiger partial charge in [-0.05, 0) is 32.4 Å². The van der Waals surface area contributed by atoms with Crippen LogP contribution in [0, 0.1) is 0 Å². The Bertz CT molecular complexity index is 284. The highest BCUT2D eigenvalue weighted by Gasteiger charge is 2.10. The van der Waals surface area contributed by atoms with Crippen molar-refractivity contribution in [2.24, 2.45) is 0 Å². The van der Waals surface area contributed by atoms with Gasteiger partial charge < -0.3 is 4.90 Å². The molecule has 0 saturated heterocycles. The van der Waals surface area contributed by atoms with Crippen LogP contribution in [0.1, 0.15) is 32.9 Å². The predicted molar refractivity (Wildman–Crippen MR) is 64.4 cm³/mol. The van der Waals surface area contributed by atoms with Crippen molar-refractivity contribution in [2.75, 3.05) is 11.4 Å². The summed E-state index contributed by atoms with van der Waals surface area (Å²) >= 11 is 5.67. The molecule has 0 aliphatic rings. The molecule has 0 amide bonds. The van der Waals surface area contributed by atoms with Gasteiger partial charge in [-0.25, -0.2) is 0 Å². The smallest absolute Gasteiger partial charge is 0.151 e. The summed E-state index contributed by atoms with van der Waals surface area (Å²) in [6, 6.07) is 4.36. The van der Waals surface area contributed by atoms with Crippen LogP contribution in [0.15, 0.2) is 12.1 Å². The molecule has 0 aliphatic carbocycles. The Morgan fingerprint density at radius 2 is 2.07 bits per heavy atom. The molecule has 0 bridgehead atoms. The van der Waals surface area contributed by atoms with Crippen LogP contribution in [0.5, 0.6) is 0 Å². The maximum Gasteiger partial charge on any atom is 0.151 e. The summed E-state index contributed by atoms with van der Waals surface area (Å²) in [6.07, 6.45) is 1.11. The first-order valence-electron chi connectivity index (χ1n) is 5.34. The molecule has 1 aromatic heterocycles. The highest BCUT2D eigenvalue weighted by molar-refractivity contribution is 6.16. The van der Waals surface area contributed by atoms with Gasteiger partial charge in [0.1, 0.15) is 0 Å². The van der Waals surface area contributed by atoms with E-state index < -0.39 is 0 Å². The number of hydrogen-bond acceptors (Lipinski definition) is 3. The van der Waals surface area contributed by atoms with Crippen LogP contribution in [0.2, 0.25) is 0 Å². The quantitative estimate of drug-likeness (QED) is 0.725. The van der Waals surface area contributed by atoms with Crippen LogP contribution >= 0.6 is 11.6 Å². The van der Waals surface area contributed by atoms with Crippen LogP contribution in [-0.2, 0) is 5.88 Å². The molecule has 0 aromatic carbocycles. The standard InChI is InChI=1S/C11H18ClN3/c1-4-7-15(9(2)3)11-6-5-10(8-12)13-14-11/h5-6,9H,4,7-8H2,1-3H3. The SMILES string of the molecule is CCCN(c1ccc(CCl)nn1)C(C)C. The van der Waals surface area contributed by atoms with Gasteiger partial charge in [0.2, 0.25) is 0 Å². The summed E-state index contributed by atoms with van der Waals surface area (Å²) < 4.78 is 0. The normalized spacial score (nSPS) is 10.7. The molecule has 0 aliphatic heterocycles. The second-order valence-corrected chi connectivity index (χ2v) is 4.07. The molecule has 84 valence electrons. The average Bonchev–Trinajstić information content (AvgIpc) is 2.26. The number of hydrogen-bond donors (Lipinski definition) is 0. The fraction of sp³-hybridized carbons (Fsp3) is 0.636. The molecule has 0 saturated carbocycles. The van der Waals surface area contributed by atoms with Crippen LogP contribution < -0.4 is 4.90 Å². The van der Waals surface area contributed by atoms with Gasteiger partial charge in [0, 0.05) is 12.6 Å². The Balaban J connectivity index is 2.81. The summed E-state index contributed by atoms with van der Waals surface area (Å²) in [6.45, 7) is 7.49. The van der Waals surface area contributed by atoms with Crippen molar-refractivity contribution in [1.29, 1.82) is 0 Å². The molecular formula is C11H18ClN3. The monoisotopic (exact) mass is 227 g/mol. The predicted octanol–water partition coefficient (Wildman–Crippen LogP) is 2.84. The number of nitrogens with zero attached hydrogens (tertiary/aromatic N) is 3.